The van der Waals surface area contributed by atoms with Crippen LogP contribution in [0.3, 0.4) is 0 Å². The van der Waals surface area contributed by atoms with Gasteiger partial charge in [-0.2, -0.15) is 0 Å². The average molecular weight is 211 g/mol. The maximum atomic E-state index is 11.6. The largest absolute Gasteiger partial charge is 0.298 e. The highest BCUT2D eigenvalue weighted by Crippen LogP contribution is 2.32. The molecule has 0 aromatic carbocycles. The fourth-order valence-corrected chi connectivity index (χ4v) is 2.73. The molecule has 14 heavy (non-hydrogen) atoms. The van der Waals surface area contributed by atoms with Gasteiger partial charge in [0.15, 0.2) is 21.1 Å². The average Bonchev–Trinajstić information content (AvgIpc) is 3.01. The molecule has 1 aliphatic rings. The molecule has 4 nitrogen and oxygen atoms in total. The summed E-state index contributed by atoms with van der Waals surface area (Å²) in [6, 6.07) is 2.85. The number of hydrogen-bond acceptors (Lipinski definition) is 4. The van der Waals surface area contributed by atoms with E-state index in [9.17, 15) is 13.2 Å². The number of nitrogens with zero attached hydrogens (tertiary/aromatic N) is 1. The summed E-state index contributed by atoms with van der Waals surface area (Å²) >= 11 is 0. The Bertz CT molecular complexity index is 445. The lowest BCUT2D eigenvalue weighted by atomic mass is 10.3. The number of rotatable bonds is 3. The van der Waals surface area contributed by atoms with Gasteiger partial charge in [-0.05, 0) is 25.0 Å². The van der Waals surface area contributed by atoms with Crippen LogP contribution in [0.5, 0.6) is 0 Å². The van der Waals surface area contributed by atoms with E-state index in [4.69, 9.17) is 0 Å². The smallest absolute Gasteiger partial charge is 0.198 e. The van der Waals surface area contributed by atoms with Crippen molar-refractivity contribution in [2.75, 3.05) is 0 Å². The maximum Gasteiger partial charge on any atom is 0.198 e. The van der Waals surface area contributed by atoms with Gasteiger partial charge in [-0.15, -0.1) is 0 Å². The van der Waals surface area contributed by atoms with Crippen LogP contribution in [0.1, 0.15) is 23.2 Å². The van der Waals surface area contributed by atoms with E-state index in [1.165, 1.54) is 18.3 Å². The Hall–Kier alpha value is -1.23. The van der Waals surface area contributed by atoms with Crippen molar-refractivity contribution >= 4 is 16.1 Å². The Morgan fingerprint density at radius 3 is 2.50 bits per heavy atom. The monoisotopic (exact) mass is 211 g/mol. The second-order valence-corrected chi connectivity index (χ2v) is 5.47. The van der Waals surface area contributed by atoms with Crippen LogP contribution in [0.4, 0.5) is 0 Å². The summed E-state index contributed by atoms with van der Waals surface area (Å²) in [6.45, 7) is 0. The molecule has 74 valence electrons. The number of aldehydes is 1. The van der Waals surface area contributed by atoms with Crippen LogP contribution >= 0.6 is 0 Å². The van der Waals surface area contributed by atoms with E-state index in [1.807, 2.05) is 0 Å². The summed E-state index contributed by atoms with van der Waals surface area (Å²) in [5.41, 5.74) is 0.389. The first-order chi connectivity index (χ1) is 6.64. The van der Waals surface area contributed by atoms with Gasteiger partial charge in [-0.1, -0.05) is 0 Å². The van der Waals surface area contributed by atoms with Crippen LogP contribution < -0.4 is 0 Å². The number of carbonyl (C=O) groups excluding carboxylic acids is 1. The van der Waals surface area contributed by atoms with Crippen molar-refractivity contribution in [3.8, 4) is 0 Å². The minimum Gasteiger partial charge on any atom is -0.298 e. The lowest BCUT2D eigenvalue weighted by Gasteiger charge is -2.00. The lowest BCUT2D eigenvalue weighted by Crippen LogP contribution is -2.09. The SMILES string of the molecule is O=Cc1ccc(S(=O)(=O)C2CC2)nc1. The topological polar surface area (TPSA) is 64.1 Å². The highest BCUT2D eigenvalue weighted by molar-refractivity contribution is 7.92. The number of aromatic nitrogens is 1. The highest BCUT2D eigenvalue weighted by atomic mass is 32.2. The molecule has 2 rings (SSSR count). The zero-order valence-corrected chi connectivity index (χ0v) is 8.20. The molecule has 0 unspecified atom stereocenters. The third-order valence-corrected chi connectivity index (χ3v) is 4.32. The molecular formula is C9H9NO3S. The normalized spacial score (nSPS) is 16.6. The van der Waals surface area contributed by atoms with Crippen LogP contribution in [-0.4, -0.2) is 24.9 Å². The Kier molecular flexibility index (Phi) is 2.11. The second kappa shape index (κ2) is 3.16. The van der Waals surface area contributed by atoms with E-state index in [2.05, 4.69) is 4.98 Å². The molecule has 0 N–H and O–H groups in total. The molecule has 0 atom stereocenters. The molecule has 1 aromatic heterocycles. The molecule has 0 aliphatic heterocycles. The van der Waals surface area contributed by atoms with Crippen molar-refractivity contribution in [2.24, 2.45) is 0 Å². The quantitative estimate of drug-likeness (QED) is 0.695. The summed E-state index contributed by atoms with van der Waals surface area (Å²) in [5.74, 6) is 0. The molecule has 5 heteroatoms. The Labute approximate surface area is 81.9 Å². The standard InChI is InChI=1S/C9H9NO3S/c11-6-7-1-4-9(10-5-7)14(12,13)8-2-3-8/h1,4-6,8H,2-3H2. The summed E-state index contributed by atoms with van der Waals surface area (Å²) < 4.78 is 23.3. The zero-order chi connectivity index (χ0) is 10.2. The summed E-state index contributed by atoms with van der Waals surface area (Å²) in [5, 5.41) is -0.178. The van der Waals surface area contributed by atoms with Crippen LogP contribution in [-0.2, 0) is 9.84 Å². The van der Waals surface area contributed by atoms with Crippen molar-refractivity contribution < 1.29 is 13.2 Å². The fourth-order valence-electron chi connectivity index (χ4n) is 1.18. The van der Waals surface area contributed by atoms with Gasteiger partial charge in [0.05, 0.1) is 5.25 Å². The van der Waals surface area contributed by atoms with Crippen molar-refractivity contribution in [3.63, 3.8) is 0 Å². The predicted molar refractivity (Wildman–Crippen MR) is 49.8 cm³/mol. The summed E-state index contributed by atoms with van der Waals surface area (Å²) in [6.07, 6.45) is 3.36. The van der Waals surface area contributed by atoms with Gasteiger partial charge in [-0.25, -0.2) is 13.4 Å². The van der Waals surface area contributed by atoms with Crippen molar-refractivity contribution in [1.82, 2.24) is 4.98 Å². The molecule has 1 aromatic rings. The molecule has 1 fully saturated rings. The number of hydrogen-bond donors (Lipinski definition) is 0. The first-order valence-electron chi connectivity index (χ1n) is 4.30. The second-order valence-electron chi connectivity index (χ2n) is 3.29. The molecule has 1 saturated carbocycles. The molecular weight excluding hydrogens is 202 g/mol. The van der Waals surface area contributed by atoms with Gasteiger partial charge in [0.2, 0.25) is 0 Å². The van der Waals surface area contributed by atoms with Gasteiger partial charge in [0.1, 0.15) is 0 Å². The molecule has 1 heterocycles. The fraction of sp³-hybridized carbons (Fsp3) is 0.333. The van der Waals surface area contributed by atoms with Gasteiger partial charge < -0.3 is 0 Å². The Morgan fingerprint density at radius 1 is 1.36 bits per heavy atom. The lowest BCUT2D eigenvalue weighted by molar-refractivity contribution is 0.112. The van der Waals surface area contributed by atoms with Crippen LogP contribution in [0.2, 0.25) is 0 Å². The number of carbonyl (C=O) groups is 1. The Balaban J connectivity index is 2.37. The first-order valence-corrected chi connectivity index (χ1v) is 5.84. The van der Waals surface area contributed by atoms with Gasteiger partial charge in [0.25, 0.3) is 0 Å². The van der Waals surface area contributed by atoms with Crippen LogP contribution in [0.25, 0.3) is 0 Å². The first kappa shape index (κ1) is 9.33. The molecule has 0 saturated heterocycles. The molecule has 0 radical (unpaired) electrons. The van der Waals surface area contributed by atoms with E-state index in [1.54, 1.807) is 0 Å². The zero-order valence-electron chi connectivity index (χ0n) is 7.38. The summed E-state index contributed by atoms with van der Waals surface area (Å²) in [4.78, 5) is 14.1. The van der Waals surface area contributed by atoms with Crippen LogP contribution in [0, 0.1) is 0 Å². The molecule has 0 bridgehead atoms. The minimum atomic E-state index is -3.22. The van der Waals surface area contributed by atoms with Crippen molar-refractivity contribution in [2.45, 2.75) is 23.1 Å². The predicted octanol–water partition coefficient (Wildman–Crippen LogP) is 0.830. The van der Waals surface area contributed by atoms with Crippen molar-refractivity contribution in [3.05, 3.63) is 23.9 Å². The highest BCUT2D eigenvalue weighted by Gasteiger charge is 2.37. The van der Waals surface area contributed by atoms with Crippen molar-refractivity contribution in [1.29, 1.82) is 0 Å². The van der Waals surface area contributed by atoms with E-state index >= 15 is 0 Å². The molecule has 0 amide bonds. The number of pyridine rings is 1. The van der Waals surface area contributed by atoms with Gasteiger partial charge in [0, 0.05) is 11.8 Å². The third kappa shape index (κ3) is 1.55. The number of sulfone groups is 1. The summed E-state index contributed by atoms with van der Waals surface area (Å²) in [7, 11) is -3.22. The third-order valence-electron chi connectivity index (χ3n) is 2.15. The van der Waals surface area contributed by atoms with Gasteiger partial charge >= 0.3 is 0 Å². The van der Waals surface area contributed by atoms with E-state index in [0.717, 1.165) is 12.8 Å². The van der Waals surface area contributed by atoms with E-state index < -0.39 is 9.84 Å². The molecule has 0 spiro atoms. The Morgan fingerprint density at radius 2 is 2.07 bits per heavy atom. The minimum absolute atomic E-state index is 0.0746. The van der Waals surface area contributed by atoms with Gasteiger partial charge in [-0.3, -0.25) is 4.79 Å². The maximum absolute atomic E-state index is 11.6. The van der Waals surface area contributed by atoms with Crippen LogP contribution in [0.15, 0.2) is 23.4 Å². The van der Waals surface area contributed by atoms with E-state index in [-0.39, 0.29) is 10.3 Å². The van der Waals surface area contributed by atoms with E-state index in [0.29, 0.717) is 11.8 Å². The molecule has 1 aliphatic carbocycles.